The van der Waals surface area contributed by atoms with E-state index in [9.17, 15) is 8.42 Å². The minimum atomic E-state index is -2.98. The van der Waals surface area contributed by atoms with Crippen LogP contribution in [0, 0.1) is 13.8 Å². The third-order valence-corrected chi connectivity index (χ3v) is 4.68. The summed E-state index contributed by atoms with van der Waals surface area (Å²) in [6, 6.07) is 6.11. The number of hydrogen-bond acceptors (Lipinski definition) is 3. The van der Waals surface area contributed by atoms with Gasteiger partial charge in [-0.05, 0) is 26.0 Å². The molecule has 0 aliphatic heterocycles. The van der Waals surface area contributed by atoms with Gasteiger partial charge in [0.05, 0.1) is 5.75 Å². The van der Waals surface area contributed by atoms with Crippen molar-refractivity contribution in [3.8, 4) is 0 Å². The molecular formula is C14H23NO2S. The van der Waals surface area contributed by atoms with Crippen LogP contribution in [-0.4, -0.2) is 26.5 Å². The third-order valence-electron chi connectivity index (χ3n) is 2.96. The molecule has 1 aromatic carbocycles. The van der Waals surface area contributed by atoms with Crippen LogP contribution in [0.2, 0.25) is 0 Å². The lowest BCUT2D eigenvalue weighted by Crippen LogP contribution is -2.29. The second-order valence-electron chi connectivity index (χ2n) is 4.73. The lowest BCUT2D eigenvalue weighted by Gasteiger charge is -2.19. The van der Waals surface area contributed by atoms with Crippen molar-refractivity contribution in [1.29, 1.82) is 0 Å². The lowest BCUT2D eigenvalue weighted by molar-refractivity contribution is 0.559. The van der Waals surface area contributed by atoms with Crippen molar-refractivity contribution in [2.45, 2.75) is 33.7 Å². The molecule has 0 saturated carbocycles. The standard InChI is InChI=1S/C14H23NO2S/c1-5-15-14(10-18(16,17)6-2)13-8-11(3)7-12(4)9-13/h7-9,14-15H,5-6,10H2,1-4H3. The Morgan fingerprint density at radius 3 is 2.11 bits per heavy atom. The molecule has 18 heavy (non-hydrogen) atoms. The molecule has 0 aliphatic carbocycles. The van der Waals surface area contributed by atoms with E-state index in [1.54, 1.807) is 6.92 Å². The van der Waals surface area contributed by atoms with Gasteiger partial charge < -0.3 is 5.32 Å². The second kappa shape index (κ2) is 6.34. The number of nitrogens with one attached hydrogen (secondary N) is 1. The summed E-state index contributed by atoms with van der Waals surface area (Å²) in [6.07, 6.45) is 0. The maximum absolute atomic E-state index is 11.8. The van der Waals surface area contributed by atoms with Crippen LogP contribution < -0.4 is 5.32 Å². The molecule has 0 aliphatic rings. The van der Waals surface area contributed by atoms with Gasteiger partial charge in [-0.25, -0.2) is 8.42 Å². The fourth-order valence-electron chi connectivity index (χ4n) is 2.10. The average Bonchev–Trinajstić information content (AvgIpc) is 2.27. The van der Waals surface area contributed by atoms with Gasteiger partial charge in [0.15, 0.2) is 9.84 Å². The van der Waals surface area contributed by atoms with Gasteiger partial charge in [-0.3, -0.25) is 0 Å². The summed E-state index contributed by atoms with van der Waals surface area (Å²) in [6.45, 7) is 8.52. The number of sulfone groups is 1. The van der Waals surface area contributed by atoms with Crippen molar-refractivity contribution in [2.24, 2.45) is 0 Å². The summed E-state index contributed by atoms with van der Waals surface area (Å²) in [4.78, 5) is 0. The quantitative estimate of drug-likeness (QED) is 0.862. The molecule has 1 atom stereocenters. The van der Waals surface area contributed by atoms with Crippen molar-refractivity contribution in [2.75, 3.05) is 18.1 Å². The summed E-state index contributed by atoms with van der Waals surface area (Å²) in [7, 11) is -2.98. The van der Waals surface area contributed by atoms with Crippen molar-refractivity contribution in [3.63, 3.8) is 0 Å². The van der Waals surface area contributed by atoms with Crippen LogP contribution in [0.15, 0.2) is 18.2 Å². The van der Waals surface area contributed by atoms with E-state index in [0.29, 0.717) is 0 Å². The molecule has 1 N–H and O–H groups in total. The molecule has 0 aromatic heterocycles. The number of benzene rings is 1. The highest BCUT2D eigenvalue weighted by atomic mass is 32.2. The normalized spacial score (nSPS) is 13.6. The van der Waals surface area contributed by atoms with E-state index < -0.39 is 9.84 Å². The zero-order valence-electron chi connectivity index (χ0n) is 11.7. The molecule has 0 amide bonds. The van der Waals surface area contributed by atoms with Gasteiger partial charge >= 0.3 is 0 Å². The van der Waals surface area contributed by atoms with E-state index in [0.717, 1.165) is 12.1 Å². The topological polar surface area (TPSA) is 46.2 Å². The van der Waals surface area contributed by atoms with Crippen LogP contribution in [0.5, 0.6) is 0 Å². The summed E-state index contributed by atoms with van der Waals surface area (Å²) < 4.78 is 23.6. The fourth-order valence-corrected chi connectivity index (χ4v) is 3.16. The Morgan fingerprint density at radius 2 is 1.67 bits per heavy atom. The fraction of sp³-hybridized carbons (Fsp3) is 0.571. The zero-order valence-corrected chi connectivity index (χ0v) is 12.5. The van der Waals surface area contributed by atoms with E-state index in [1.165, 1.54) is 11.1 Å². The maximum atomic E-state index is 11.8. The molecule has 3 nitrogen and oxygen atoms in total. The Labute approximate surface area is 111 Å². The van der Waals surface area contributed by atoms with E-state index in [2.05, 4.69) is 23.5 Å². The van der Waals surface area contributed by atoms with Gasteiger partial charge in [-0.15, -0.1) is 0 Å². The first kappa shape index (κ1) is 15.2. The highest BCUT2D eigenvalue weighted by molar-refractivity contribution is 7.91. The van der Waals surface area contributed by atoms with Gasteiger partial charge in [0.25, 0.3) is 0 Å². The van der Waals surface area contributed by atoms with Gasteiger partial charge in [0.2, 0.25) is 0 Å². The first-order valence-corrected chi connectivity index (χ1v) is 8.22. The number of aryl methyl sites for hydroxylation is 2. The molecule has 4 heteroatoms. The number of rotatable bonds is 6. The molecule has 0 heterocycles. The van der Waals surface area contributed by atoms with Crippen molar-refractivity contribution in [3.05, 3.63) is 34.9 Å². The van der Waals surface area contributed by atoms with Gasteiger partial charge in [-0.1, -0.05) is 43.2 Å². The minimum Gasteiger partial charge on any atom is -0.309 e. The Hall–Kier alpha value is -0.870. The summed E-state index contributed by atoms with van der Waals surface area (Å²) >= 11 is 0. The van der Waals surface area contributed by atoms with Gasteiger partial charge in [0.1, 0.15) is 0 Å². The molecular weight excluding hydrogens is 246 g/mol. The van der Waals surface area contributed by atoms with Crippen LogP contribution in [0.3, 0.4) is 0 Å². The predicted octanol–water partition coefficient (Wildman–Crippen LogP) is 2.39. The smallest absolute Gasteiger partial charge is 0.151 e. The minimum absolute atomic E-state index is 0.112. The van der Waals surface area contributed by atoms with Crippen molar-refractivity contribution >= 4 is 9.84 Å². The van der Waals surface area contributed by atoms with E-state index >= 15 is 0 Å². The largest absolute Gasteiger partial charge is 0.309 e. The molecule has 0 fully saturated rings. The van der Waals surface area contributed by atoms with Crippen LogP contribution in [0.1, 0.15) is 36.6 Å². The Kier molecular flexibility index (Phi) is 5.35. The Bertz CT molecular complexity index is 474. The van der Waals surface area contributed by atoms with Crippen LogP contribution in [0.4, 0.5) is 0 Å². The molecule has 0 spiro atoms. The molecule has 1 rings (SSSR count). The maximum Gasteiger partial charge on any atom is 0.151 e. The molecule has 0 radical (unpaired) electrons. The van der Waals surface area contributed by atoms with E-state index in [4.69, 9.17) is 0 Å². The van der Waals surface area contributed by atoms with Crippen LogP contribution in [0.25, 0.3) is 0 Å². The Morgan fingerprint density at radius 1 is 1.11 bits per heavy atom. The van der Waals surface area contributed by atoms with E-state index in [1.807, 2.05) is 20.8 Å². The Balaban J connectivity index is 3.04. The van der Waals surface area contributed by atoms with Crippen molar-refractivity contribution < 1.29 is 8.42 Å². The molecule has 1 aromatic rings. The zero-order chi connectivity index (χ0) is 13.8. The van der Waals surface area contributed by atoms with E-state index in [-0.39, 0.29) is 17.5 Å². The predicted molar refractivity (Wildman–Crippen MR) is 76.7 cm³/mol. The average molecular weight is 269 g/mol. The summed E-state index contributed by atoms with van der Waals surface area (Å²) in [5.74, 6) is 0.361. The first-order valence-electron chi connectivity index (χ1n) is 6.40. The lowest BCUT2D eigenvalue weighted by atomic mass is 10.0. The first-order chi connectivity index (χ1) is 8.38. The molecule has 102 valence electrons. The number of hydrogen-bond donors (Lipinski definition) is 1. The van der Waals surface area contributed by atoms with Gasteiger partial charge in [-0.2, -0.15) is 0 Å². The SMILES string of the molecule is CCNC(CS(=O)(=O)CC)c1cc(C)cc(C)c1. The molecule has 0 saturated heterocycles. The molecule has 1 unspecified atom stereocenters. The highest BCUT2D eigenvalue weighted by Crippen LogP contribution is 2.19. The summed E-state index contributed by atoms with van der Waals surface area (Å²) in [5.41, 5.74) is 3.40. The summed E-state index contributed by atoms with van der Waals surface area (Å²) in [5, 5.41) is 3.26. The highest BCUT2D eigenvalue weighted by Gasteiger charge is 2.18. The molecule has 0 bridgehead atoms. The third kappa shape index (κ3) is 4.42. The van der Waals surface area contributed by atoms with Crippen LogP contribution in [-0.2, 0) is 9.84 Å². The second-order valence-corrected chi connectivity index (χ2v) is 7.13. The monoisotopic (exact) mass is 269 g/mol. The van der Waals surface area contributed by atoms with Gasteiger partial charge in [0, 0.05) is 11.8 Å². The van der Waals surface area contributed by atoms with Crippen molar-refractivity contribution in [1.82, 2.24) is 5.32 Å². The van der Waals surface area contributed by atoms with Crippen LogP contribution >= 0.6 is 0 Å².